The van der Waals surface area contributed by atoms with Gasteiger partial charge in [-0.2, -0.15) is 4.98 Å². The lowest BCUT2D eigenvalue weighted by atomic mass is 9.97. The molecule has 0 aromatic carbocycles. The van der Waals surface area contributed by atoms with Crippen LogP contribution in [0.4, 0.5) is 5.95 Å². The quantitative estimate of drug-likeness (QED) is 0.847. The summed E-state index contributed by atoms with van der Waals surface area (Å²) in [5, 5.41) is 0. The summed E-state index contributed by atoms with van der Waals surface area (Å²) >= 11 is 0. The van der Waals surface area contributed by atoms with Crippen molar-refractivity contribution in [2.75, 3.05) is 31.6 Å². The molecule has 2 N–H and O–H groups in total. The molecule has 94 valence electrons. The topological polar surface area (TPSA) is 64.3 Å². The molecular weight excluding hydrogens is 216 g/mol. The van der Waals surface area contributed by atoms with Gasteiger partial charge in [0, 0.05) is 24.8 Å². The standard InChI is InChI=1S/C12H20N4O/c1-9-7-11(17-2)15-12(14-9)16-5-3-10(8-13)4-6-16/h7,10H,3-6,8,13H2,1-2H3. The maximum Gasteiger partial charge on any atom is 0.228 e. The van der Waals surface area contributed by atoms with Gasteiger partial charge in [-0.15, -0.1) is 0 Å². The summed E-state index contributed by atoms with van der Waals surface area (Å²) in [7, 11) is 1.63. The molecule has 0 bridgehead atoms. The summed E-state index contributed by atoms with van der Waals surface area (Å²) in [5.41, 5.74) is 6.63. The minimum atomic E-state index is 0.633. The molecule has 1 aliphatic rings. The summed E-state index contributed by atoms with van der Waals surface area (Å²) in [6.45, 7) is 4.70. The smallest absolute Gasteiger partial charge is 0.228 e. The predicted octanol–water partition coefficient (Wildman–Crippen LogP) is 0.969. The van der Waals surface area contributed by atoms with Crippen LogP contribution in [-0.4, -0.2) is 36.7 Å². The molecule has 17 heavy (non-hydrogen) atoms. The molecule has 1 fully saturated rings. The highest BCUT2D eigenvalue weighted by molar-refractivity contribution is 5.34. The average Bonchev–Trinajstić information content (AvgIpc) is 2.38. The number of nitrogens with two attached hydrogens (primary N) is 1. The highest BCUT2D eigenvalue weighted by atomic mass is 16.5. The molecule has 0 atom stereocenters. The van der Waals surface area contributed by atoms with Crippen LogP contribution >= 0.6 is 0 Å². The van der Waals surface area contributed by atoms with Gasteiger partial charge < -0.3 is 15.4 Å². The summed E-state index contributed by atoms with van der Waals surface area (Å²) in [5.74, 6) is 2.06. The first-order chi connectivity index (χ1) is 8.22. The lowest BCUT2D eigenvalue weighted by molar-refractivity contribution is 0.390. The van der Waals surface area contributed by atoms with Gasteiger partial charge >= 0.3 is 0 Å². The molecule has 5 nitrogen and oxygen atoms in total. The van der Waals surface area contributed by atoms with Crippen LogP contribution in [0.2, 0.25) is 0 Å². The third-order valence-corrected chi connectivity index (χ3v) is 3.26. The second-order valence-electron chi connectivity index (χ2n) is 4.52. The Balaban J connectivity index is 2.10. The Morgan fingerprint density at radius 1 is 1.41 bits per heavy atom. The molecule has 5 heteroatoms. The number of nitrogens with zero attached hydrogens (tertiary/aromatic N) is 3. The number of piperidine rings is 1. The third kappa shape index (κ3) is 2.85. The SMILES string of the molecule is COc1cc(C)nc(N2CCC(CN)CC2)n1. The molecule has 0 unspecified atom stereocenters. The van der Waals surface area contributed by atoms with E-state index in [2.05, 4.69) is 14.9 Å². The van der Waals surface area contributed by atoms with E-state index in [1.165, 1.54) is 0 Å². The second-order valence-corrected chi connectivity index (χ2v) is 4.52. The van der Waals surface area contributed by atoms with Crippen molar-refractivity contribution >= 4 is 5.95 Å². The molecule has 1 saturated heterocycles. The normalized spacial score (nSPS) is 17.2. The fourth-order valence-corrected chi connectivity index (χ4v) is 2.14. The molecule has 0 spiro atoms. The van der Waals surface area contributed by atoms with E-state index in [0.717, 1.165) is 44.1 Å². The van der Waals surface area contributed by atoms with Gasteiger partial charge in [0.25, 0.3) is 0 Å². The van der Waals surface area contributed by atoms with Crippen LogP contribution < -0.4 is 15.4 Å². The molecular formula is C12H20N4O. The van der Waals surface area contributed by atoms with Crippen molar-refractivity contribution < 1.29 is 4.74 Å². The molecule has 1 aliphatic heterocycles. The van der Waals surface area contributed by atoms with Gasteiger partial charge in [-0.3, -0.25) is 0 Å². The van der Waals surface area contributed by atoms with Gasteiger partial charge in [0.05, 0.1) is 7.11 Å². The van der Waals surface area contributed by atoms with Crippen LogP contribution in [0.25, 0.3) is 0 Å². The van der Waals surface area contributed by atoms with Gasteiger partial charge in [0.2, 0.25) is 11.8 Å². The van der Waals surface area contributed by atoms with Crippen molar-refractivity contribution in [1.82, 2.24) is 9.97 Å². The molecule has 2 rings (SSSR count). The van der Waals surface area contributed by atoms with Crippen molar-refractivity contribution in [1.29, 1.82) is 0 Å². The zero-order chi connectivity index (χ0) is 12.3. The van der Waals surface area contributed by atoms with Gasteiger partial charge in [0.1, 0.15) is 0 Å². The van der Waals surface area contributed by atoms with Crippen molar-refractivity contribution in [3.8, 4) is 5.88 Å². The Kier molecular flexibility index (Phi) is 3.78. The van der Waals surface area contributed by atoms with Gasteiger partial charge in [-0.05, 0) is 32.2 Å². The van der Waals surface area contributed by atoms with Gasteiger partial charge in [0.15, 0.2) is 0 Å². The van der Waals surface area contributed by atoms with Crippen LogP contribution in [0.5, 0.6) is 5.88 Å². The largest absolute Gasteiger partial charge is 0.481 e. The van der Waals surface area contributed by atoms with Crippen molar-refractivity contribution in [2.45, 2.75) is 19.8 Å². The number of ether oxygens (including phenoxy) is 1. The molecule has 2 heterocycles. The van der Waals surface area contributed by atoms with Crippen LogP contribution in [-0.2, 0) is 0 Å². The van der Waals surface area contributed by atoms with Crippen LogP contribution in [0.3, 0.4) is 0 Å². The van der Waals surface area contributed by atoms with E-state index in [-0.39, 0.29) is 0 Å². The van der Waals surface area contributed by atoms with Crippen molar-refractivity contribution in [3.05, 3.63) is 11.8 Å². The Morgan fingerprint density at radius 2 is 2.12 bits per heavy atom. The number of methoxy groups -OCH3 is 1. The fourth-order valence-electron chi connectivity index (χ4n) is 2.14. The zero-order valence-electron chi connectivity index (χ0n) is 10.5. The molecule has 1 aromatic heterocycles. The summed E-state index contributed by atoms with van der Waals surface area (Å²) in [6, 6.07) is 1.84. The van der Waals surface area contributed by atoms with E-state index >= 15 is 0 Å². The van der Waals surface area contributed by atoms with E-state index in [4.69, 9.17) is 10.5 Å². The van der Waals surface area contributed by atoms with Crippen LogP contribution in [0.15, 0.2) is 6.07 Å². The van der Waals surface area contributed by atoms with E-state index in [9.17, 15) is 0 Å². The van der Waals surface area contributed by atoms with Gasteiger partial charge in [-0.25, -0.2) is 4.98 Å². The first-order valence-corrected chi connectivity index (χ1v) is 6.07. The summed E-state index contributed by atoms with van der Waals surface area (Å²) in [6.07, 6.45) is 2.24. The molecule has 0 saturated carbocycles. The molecule has 0 amide bonds. The average molecular weight is 236 g/mol. The molecule has 0 radical (unpaired) electrons. The Morgan fingerprint density at radius 3 is 2.71 bits per heavy atom. The van der Waals surface area contributed by atoms with E-state index in [1.54, 1.807) is 7.11 Å². The van der Waals surface area contributed by atoms with Crippen LogP contribution in [0.1, 0.15) is 18.5 Å². The lowest BCUT2D eigenvalue weighted by Gasteiger charge is -2.31. The third-order valence-electron chi connectivity index (χ3n) is 3.26. The van der Waals surface area contributed by atoms with E-state index < -0.39 is 0 Å². The summed E-state index contributed by atoms with van der Waals surface area (Å²) < 4.78 is 5.17. The monoisotopic (exact) mass is 236 g/mol. The Hall–Kier alpha value is -1.36. The second kappa shape index (κ2) is 5.31. The first kappa shape index (κ1) is 12.1. The zero-order valence-corrected chi connectivity index (χ0v) is 10.5. The van der Waals surface area contributed by atoms with E-state index in [0.29, 0.717) is 11.8 Å². The maximum atomic E-state index is 5.69. The number of aryl methyl sites for hydroxylation is 1. The minimum absolute atomic E-state index is 0.633. The van der Waals surface area contributed by atoms with Crippen molar-refractivity contribution in [2.24, 2.45) is 11.7 Å². The summed E-state index contributed by atoms with van der Waals surface area (Å²) in [4.78, 5) is 11.1. The Labute approximate surface area is 102 Å². The fraction of sp³-hybridized carbons (Fsp3) is 0.667. The van der Waals surface area contributed by atoms with Gasteiger partial charge in [-0.1, -0.05) is 0 Å². The number of aromatic nitrogens is 2. The number of hydrogen-bond donors (Lipinski definition) is 1. The minimum Gasteiger partial charge on any atom is -0.481 e. The van der Waals surface area contributed by atoms with Crippen molar-refractivity contribution in [3.63, 3.8) is 0 Å². The lowest BCUT2D eigenvalue weighted by Crippen LogP contribution is -2.37. The number of rotatable bonds is 3. The predicted molar refractivity (Wildman–Crippen MR) is 67.3 cm³/mol. The number of hydrogen-bond acceptors (Lipinski definition) is 5. The Bertz CT molecular complexity index is 375. The molecule has 1 aromatic rings. The first-order valence-electron chi connectivity index (χ1n) is 6.07. The highest BCUT2D eigenvalue weighted by Gasteiger charge is 2.20. The molecule has 0 aliphatic carbocycles. The maximum absolute atomic E-state index is 5.69. The number of anilines is 1. The van der Waals surface area contributed by atoms with E-state index in [1.807, 2.05) is 13.0 Å². The van der Waals surface area contributed by atoms with Crippen LogP contribution in [0, 0.1) is 12.8 Å². The highest BCUT2D eigenvalue weighted by Crippen LogP contribution is 2.21.